The Bertz CT molecular complexity index is 1490. The summed E-state index contributed by atoms with van der Waals surface area (Å²) in [6, 6.07) is 30.1. The van der Waals surface area contributed by atoms with E-state index in [0.717, 1.165) is 21.2 Å². The second-order valence-electron chi connectivity index (χ2n) is 8.04. The van der Waals surface area contributed by atoms with Crippen molar-refractivity contribution in [2.24, 2.45) is 5.10 Å². The molecule has 4 nitrogen and oxygen atoms in total. The number of rotatable bonds is 6. The predicted molar refractivity (Wildman–Crippen MR) is 150 cm³/mol. The Morgan fingerprint density at radius 1 is 0.889 bits per heavy atom. The lowest BCUT2D eigenvalue weighted by molar-refractivity contribution is -0.114. The van der Waals surface area contributed by atoms with Crippen LogP contribution in [0.5, 0.6) is 5.75 Å². The molecule has 178 valence electrons. The van der Waals surface area contributed by atoms with E-state index in [1.807, 2.05) is 91.0 Å². The molecule has 0 saturated heterocycles. The first-order valence-electron chi connectivity index (χ1n) is 11.1. The van der Waals surface area contributed by atoms with Gasteiger partial charge in [-0.2, -0.15) is 10.1 Å². The van der Waals surface area contributed by atoms with Crippen molar-refractivity contribution in [2.45, 2.75) is 6.61 Å². The van der Waals surface area contributed by atoms with Crippen LogP contribution in [-0.2, 0) is 11.4 Å². The number of hydrogen-bond acceptors (Lipinski definition) is 3. The molecule has 0 atom stereocenters. The van der Waals surface area contributed by atoms with E-state index >= 15 is 0 Å². The number of anilines is 1. The van der Waals surface area contributed by atoms with Crippen LogP contribution in [-0.4, -0.2) is 11.6 Å². The van der Waals surface area contributed by atoms with Gasteiger partial charge in [0.05, 0.1) is 15.7 Å². The molecule has 0 bridgehead atoms. The van der Waals surface area contributed by atoms with E-state index in [0.29, 0.717) is 39.4 Å². The van der Waals surface area contributed by atoms with Crippen LogP contribution in [0.4, 0.5) is 5.69 Å². The van der Waals surface area contributed by atoms with Gasteiger partial charge in [-0.3, -0.25) is 4.79 Å². The molecular formula is C29H19BrCl2N2O2. The molecule has 4 aromatic rings. The molecule has 0 radical (unpaired) electrons. The van der Waals surface area contributed by atoms with Gasteiger partial charge in [-0.15, -0.1) is 0 Å². The standard InChI is InChI=1S/C29H19BrCl2N2O2/c30-25-16-19(11-14-27(25)36-18-21-12-13-22(31)17-26(21)32)15-24-28(20-7-3-1-4-8-20)33-34(29(24)35)23-9-5-2-6-10-23/h1-17H,18H2/b24-15-. The lowest BCUT2D eigenvalue weighted by Gasteiger charge is -2.11. The zero-order valence-corrected chi connectivity index (χ0v) is 22.0. The predicted octanol–water partition coefficient (Wildman–Crippen LogP) is 8.17. The summed E-state index contributed by atoms with van der Waals surface area (Å²) in [6.45, 7) is 0.296. The average molecular weight is 578 g/mol. The molecule has 0 saturated carbocycles. The number of carbonyl (C=O) groups is 1. The maximum Gasteiger partial charge on any atom is 0.281 e. The number of hydrogen-bond donors (Lipinski definition) is 0. The fraction of sp³-hybridized carbons (Fsp3) is 0.0345. The van der Waals surface area contributed by atoms with Crippen LogP contribution in [0.15, 0.2) is 112 Å². The smallest absolute Gasteiger partial charge is 0.281 e. The normalized spacial score (nSPS) is 14.3. The molecule has 1 amide bonds. The van der Waals surface area contributed by atoms with E-state index < -0.39 is 0 Å². The second kappa shape index (κ2) is 10.7. The summed E-state index contributed by atoms with van der Waals surface area (Å²) in [5, 5.41) is 7.25. The molecule has 0 fully saturated rings. The summed E-state index contributed by atoms with van der Waals surface area (Å²) in [6.07, 6.45) is 1.85. The number of hydrazone groups is 1. The highest BCUT2D eigenvalue weighted by atomic mass is 79.9. The quantitative estimate of drug-likeness (QED) is 0.217. The van der Waals surface area contributed by atoms with Crippen LogP contribution in [0.2, 0.25) is 10.0 Å². The fourth-order valence-electron chi connectivity index (χ4n) is 3.78. The van der Waals surface area contributed by atoms with Crippen LogP contribution < -0.4 is 9.75 Å². The second-order valence-corrected chi connectivity index (χ2v) is 9.74. The SMILES string of the molecule is O=C1/C(=C\c2ccc(OCc3ccc(Cl)cc3Cl)c(Br)c2)C(c2ccccc2)=NN1c1ccccc1. The number of halogens is 3. The van der Waals surface area contributed by atoms with Gasteiger partial charge in [0.15, 0.2) is 0 Å². The molecule has 0 aromatic heterocycles. The van der Waals surface area contributed by atoms with E-state index in [-0.39, 0.29) is 5.91 Å². The molecule has 1 heterocycles. The van der Waals surface area contributed by atoms with Crippen molar-refractivity contribution >= 4 is 62.5 Å². The Morgan fingerprint density at radius 2 is 1.61 bits per heavy atom. The molecule has 0 unspecified atom stereocenters. The van der Waals surface area contributed by atoms with Crippen molar-refractivity contribution < 1.29 is 9.53 Å². The Morgan fingerprint density at radius 3 is 2.31 bits per heavy atom. The van der Waals surface area contributed by atoms with E-state index in [9.17, 15) is 4.79 Å². The van der Waals surface area contributed by atoms with Crippen LogP contribution in [0.3, 0.4) is 0 Å². The van der Waals surface area contributed by atoms with Crippen molar-refractivity contribution in [3.05, 3.63) is 134 Å². The van der Waals surface area contributed by atoms with Gasteiger partial charge in [0.1, 0.15) is 18.1 Å². The zero-order chi connectivity index (χ0) is 25.1. The van der Waals surface area contributed by atoms with Crippen molar-refractivity contribution in [1.82, 2.24) is 0 Å². The van der Waals surface area contributed by atoms with Crippen molar-refractivity contribution in [3.8, 4) is 5.75 Å². The minimum Gasteiger partial charge on any atom is -0.488 e. The summed E-state index contributed by atoms with van der Waals surface area (Å²) < 4.78 is 6.72. The van der Waals surface area contributed by atoms with Crippen molar-refractivity contribution in [3.63, 3.8) is 0 Å². The minimum absolute atomic E-state index is 0.186. The number of ether oxygens (including phenoxy) is 1. The molecule has 7 heteroatoms. The first kappa shape index (κ1) is 24.3. The third kappa shape index (κ3) is 5.24. The molecule has 0 N–H and O–H groups in total. The molecule has 1 aliphatic heterocycles. The van der Waals surface area contributed by atoms with Gasteiger partial charge in [0.25, 0.3) is 5.91 Å². The Kier molecular flexibility index (Phi) is 7.23. The zero-order valence-electron chi connectivity index (χ0n) is 18.9. The third-order valence-electron chi connectivity index (χ3n) is 5.59. The Labute approximate surface area is 227 Å². The largest absolute Gasteiger partial charge is 0.488 e. The van der Waals surface area contributed by atoms with Crippen LogP contribution >= 0.6 is 39.1 Å². The van der Waals surface area contributed by atoms with Crippen LogP contribution in [0.25, 0.3) is 6.08 Å². The maximum atomic E-state index is 13.4. The van der Waals surface area contributed by atoms with Crippen LogP contribution in [0.1, 0.15) is 16.7 Å². The first-order valence-corrected chi connectivity index (χ1v) is 12.7. The van der Waals surface area contributed by atoms with Crippen LogP contribution in [0, 0.1) is 0 Å². The Hall–Kier alpha value is -3.38. The highest BCUT2D eigenvalue weighted by Crippen LogP contribution is 2.31. The molecule has 0 spiro atoms. The van der Waals surface area contributed by atoms with Crippen molar-refractivity contribution in [1.29, 1.82) is 0 Å². The van der Waals surface area contributed by atoms with E-state index in [1.54, 1.807) is 12.1 Å². The minimum atomic E-state index is -0.186. The summed E-state index contributed by atoms with van der Waals surface area (Å²) in [4.78, 5) is 13.4. The lowest BCUT2D eigenvalue weighted by Crippen LogP contribution is -2.21. The Balaban J connectivity index is 1.43. The number of amides is 1. The topological polar surface area (TPSA) is 41.9 Å². The number of nitrogens with zero attached hydrogens (tertiary/aromatic N) is 2. The molecule has 36 heavy (non-hydrogen) atoms. The fourth-order valence-corrected chi connectivity index (χ4v) is 4.76. The number of benzene rings is 4. The van der Waals surface area contributed by atoms with Gasteiger partial charge >= 0.3 is 0 Å². The highest BCUT2D eigenvalue weighted by molar-refractivity contribution is 9.10. The lowest BCUT2D eigenvalue weighted by atomic mass is 10.0. The summed E-state index contributed by atoms with van der Waals surface area (Å²) >= 11 is 15.8. The van der Waals surface area contributed by atoms with E-state index in [1.165, 1.54) is 5.01 Å². The summed E-state index contributed by atoms with van der Waals surface area (Å²) in [7, 11) is 0. The van der Waals surface area contributed by atoms with Crippen molar-refractivity contribution in [2.75, 3.05) is 5.01 Å². The average Bonchev–Trinajstić information content (AvgIpc) is 3.21. The van der Waals surface area contributed by atoms with E-state index in [4.69, 9.17) is 27.9 Å². The molecule has 0 aliphatic carbocycles. The number of para-hydroxylation sites is 1. The molecule has 1 aliphatic rings. The van der Waals surface area contributed by atoms with Gasteiger partial charge < -0.3 is 4.74 Å². The monoisotopic (exact) mass is 576 g/mol. The maximum absolute atomic E-state index is 13.4. The van der Waals surface area contributed by atoms with Gasteiger partial charge in [-0.1, -0.05) is 83.9 Å². The summed E-state index contributed by atoms with van der Waals surface area (Å²) in [5.74, 6) is 0.470. The molecule has 4 aromatic carbocycles. The van der Waals surface area contributed by atoms with Gasteiger partial charge in [-0.05, 0) is 64.0 Å². The van der Waals surface area contributed by atoms with Gasteiger partial charge in [0.2, 0.25) is 0 Å². The van der Waals surface area contributed by atoms with Gasteiger partial charge in [0, 0.05) is 21.2 Å². The van der Waals surface area contributed by atoms with Gasteiger partial charge in [-0.25, -0.2) is 0 Å². The summed E-state index contributed by atoms with van der Waals surface area (Å²) in [5.41, 5.74) is 4.39. The van der Waals surface area contributed by atoms with E-state index in [2.05, 4.69) is 21.0 Å². The number of carbonyl (C=O) groups excluding carboxylic acids is 1. The molecular weight excluding hydrogens is 559 g/mol. The third-order valence-corrected chi connectivity index (χ3v) is 6.80. The molecule has 5 rings (SSSR count). The first-order chi connectivity index (χ1) is 17.5. The highest BCUT2D eigenvalue weighted by Gasteiger charge is 2.31.